The van der Waals surface area contributed by atoms with Crippen molar-refractivity contribution in [3.63, 3.8) is 0 Å². The van der Waals surface area contributed by atoms with Crippen LogP contribution in [0.5, 0.6) is 11.6 Å². The number of aryl methyl sites for hydroxylation is 1. The number of likely N-dealkylation sites (tertiary alicyclic amines) is 1. The van der Waals surface area contributed by atoms with Crippen molar-refractivity contribution in [2.45, 2.75) is 18.8 Å². The van der Waals surface area contributed by atoms with Crippen molar-refractivity contribution < 1.29 is 9.53 Å². The first-order valence-corrected chi connectivity index (χ1v) is 9.51. The van der Waals surface area contributed by atoms with E-state index in [0.29, 0.717) is 35.4 Å². The van der Waals surface area contributed by atoms with Crippen molar-refractivity contribution >= 4 is 17.5 Å². The first kappa shape index (κ1) is 18.4. The average molecular weight is 398 g/mol. The molecule has 1 saturated heterocycles. The third kappa shape index (κ3) is 3.99. The maximum Gasteiger partial charge on any atom is 0.274 e. The summed E-state index contributed by atoms with van der Waals surface area (Å²) in [6.07, 6.45) is 6.84. The van der Waals surface area contributed by atoms with E-state index in [1.165, 1.54) is 0 Å². The second kappa shape index (κ2) is 7.98. The molecule has 0 spiro atoms. The van der Waals surface area contributed by atoms with Crippen LogP contribution in [0.1, 0.15) is 34.9 Å². The third-order valence-corrected chi connectivity index (χ3v) is 5.00. The van der Waals surface area contributed by atoms with Gasteiger partial charge in [0.05, 0.1) is 0 Å². The molecule has 0 saturated carbocycles. The van der Waals surface area contributed by atoms with Gasteiger partial charge in [0.2, 0.25) is 5.88 Å². The number of carbonyl (C=O) groups excluding carboxylic acids is 1. The summed E-state index contributed by atoms with van der Waals surface area (Å²) in [6.45, 7) is 1.27. The number of benzene rings is 1. The summed E-state index contributed by atoms with van der Waals surface area (Å²) in [5.74, 6) is 1.09. The van der Waals surface area contributed by atoms with Crippen molar-refractivity contribution in [3.05, 3.63) is 65.3 Å². The normalized spacial score (nSPS) is 16.8. The van der Waals surface area contributed by atoms with E-state index in [-0.39, 0.29) is 11.8 Å². The molecule has 28 heavy (non-hydrogen) atoms. The van der Waals surface area contributed by atoms with Crippen LogP contribution >= 0.6 is 11.6 Å². The molecule has 1 aromatic carbocycles. The Morgan fingerprint density at radius 3 is 2.71 bits per heavy atom. The summed E-state index contributed by atoms with van der Waals surface area (Å²) in [6, 6.07) is 8.85. The number of ether oxygens (including phenoxy) is 1. The van der Waals surface area contributed by atoms with Crippen molar-refractivity contribution in [1.29, 1.82) is 0 Å². The summed E-state index contributed by atoms with van der Waals surface area (Å²) in [5.41, 5.74) is 1.22. The molecule has 3 aromatic rings. The highest BCUT2D eigenvalue weighted by Crippen LogP contribution is 2.33. The summed E-state index contributed by atoms with van der Waals surface area (Å²) in [5, 5.41) is 4.87. The number of amides is 1. The molecular weight excluding hydrogens is 378 g/mol. The molecule has 7 nitrogen and oxygen atoms in total. The van der Waals surface area contributed by atoms with Crippen LogP contribution in [-0.2, 0) is 7.05 Å². The van der Waals surface area contributed by atoms with Crippen LogP contribution in [0.3, 0.4) is 0 Å². The number of halogens is 1. The molecule has 1 unspecified atom stereocenters. The Hall–Kier alpha value is -2.93. The summed E-state index contributed by atoms with van der Waals surface area (Å²) >= 11 is 5.94. The Morgan fingerprint density at radius 2 is 1.96 bits per heavy atom. The highest BCUT2D eigenvalue weighted by Gasteiger charge is 2.29. The van der Waals surface area contributed by atoms with Crippen molar-refractivity contribution in [1.82, 2.24) is 24.6 Å². The molecule has 2 aromatic heterocycles. The second-order valence-corrected chi connectivity index (χ2v) is 7.20. The van der Waals surface area contributed by atoms with E-state index in [1.807, 2.05) is 4.90 Å². The zero-order valence-corrected chi connectivity index (χ0v) is 16.2. The molecule has 1 fully saturated rings. The predicted molar refractivity (Wildman–Crippen MR) is 105 cm³/mol. The van der Waals surface area contributed by atoms with Crippen molar-refractivity contribution in [2.75, 3.05) is 13.1 Å². The highest BCUT2D eigenvalue weighted by molar-refractivity contribution is 6.30. The first-order chi connectivity index (χ1) is 13.6. The van der Waals surface area contributed by atoms with Gasteiger partial charge in [-0.3, -0.25) is 14.5 Å². The fourth-order valence-corrected chi connectivity index (χ4v) is 3.51. The standard InChI is InChI=1S/C20H20ClN5O2/c1-25-12-8-17(24-25)20(27)26-11-2-3-14(13-26)18-19(23-10-9-22-18)28-16-6-4-15(21)5-7-16/h4-10,12,14H,2-3,11,13H2,1H3. The van der Waals surface area contributed by atoms with Gasteiger partial charge in [0.15, 0.2) is 0 Å². The number of hydrogen-bond donors (Lipinski definition) is 0. The fourth-order valence-electron chi connectivity index (χ4n) is 3.38. The molecule has 1 atom stereocenters. The number of piperidine rings is 1. The van der Waals surface area contributed by atoms with Gasteiger partial charge >= 0.3 is 0 Å². The molecule has 0 bridgehead atoms. The molecule has 4 rings (SSSR count). The number of nitrogens with zero attached hydrogens (tertiary/aromatic N) is 5. The largest absolute Gasteiger partial charge is 0.437 e. The smallest absolute Gasteiger partial charge is 0.274 e. The third-order valence-electron chi connectivity index (χ3n) is 4.75. The molecule has 3 heterocycles. The maximum atomic E-state index is 12.8. The van der Waals surface area contributed by atoms with E-state index in [4.69, 9.17) is 16.3 Å². The predicted octanol–water partition coefficient (Wildman–Crippen LogP) is 3.68. The molecule has 0 aliphatic carbocycles. The maximum absolute atomic E-state index is 12.8. The summed E-state index contributed by atoms with van der Waals surface area (Å²) < 4.78 is 7.58. The van der Waals surface area contributed by atoms with Crippen LogP contribution in [0, 0.1) is 0 Å². The van der Waals surface area contributed by atoms with Crippen LogP contribution in [-0.4, -0.2) is 43.6 Å². The Balaban J connectivity index is 1.53. The number of aromatic nitrogens is 4. The lowest BCUT2D eigenvalue weighted by molar-refractivity contribution is 0.0698. The number of hydrogen-bond acceptors (Lipinski definition) is 5. The zero-order chi connectivity index (χ0) is 19.5. The van der Waals surface area contributed by atoms with Gasteiger partial charge in [-0.15, -0.1) is 0 Å². The molecule has 1 aliphatic heterocycles. The highest BCUT2D eigenvalue weighted by atomic mass is 35.5. The van der Waals surface area contributed by atoms with Gasteiger partial charge in [-0.25, -0.2) is 4.98 Å². The number of rotatable bonds is 4. The molecule has 0 N–H and O–H groups in total. The average Bonchev–Trinajstić information content (AvgIpc) is 3.16. The van der Waals surface area contributed by atoms with Gasteiger partial charge in [-0.2, -0.15) is 5.10 Å². The van der Waals surface area contributed by atoms with Gasteiger partial charge in [-0.05, 0) is 43.2 Å². The molecule has 1 aliphatic rings. The van der Waals surface area contributed by atoms with Crippen LogP contribution < -0.4 is 4.74 Å². The minimum atomic E-state index is -0.0608. The summed E-state index contributed by atoms with van der Waals surface area (Å²) in [7, 11) is 1.80. The van der Waals surface area contributed by atoms with E-state index < -0.39 is 0 Å². The quantitative estimate of drug-likeness (QED) is 0.671. The lowest BCUT2D eigenvalue weighted by Crippen LogP contribution is -2.39. The fraction of sp³-hybridized carbons (Fsp3) is 0.300. The van der Waals surface area contributed by atoms with Gasteiger partial charge in [-0.1, -0.05) is 11.6 Å². The Labute approximate surface area is 167 Å². The minimum Gasteiger partial charge on any atom is -0.437 e. The Morgan fingerprint density at radius 1 is 1.18 bits per heavy atom. The lowest BCUT2D eigenvalue weighted by Gasteiger charge is -2.32. The summed E-state index contributed by atoms with van der Waals surface area (Å²) in [4.78, 5) is 23.5. The number of carbonyl (C=O) groups is 1. The van der Waals surface area contributed by atoms with Gasteiger partial charge in [0.25, 0.3) is 5.91 Å². The molecule has 1 amide bonds. The molecule has 8 heteroatoms. The van der Waals surface area contributed by atoms with E-state index in [9.17, 15) is 4.79 Å². The second-order valence-electron chi connectivity index (χ2n) is 6.77. The zero-order valence-electron chi connectivity index (χ0n) is 15.5. The van der Waals surface area contributed by atoms with Crippen molar-refractivity contribution in [3.8, 4) is 11.6 Å². The van der Waals surface area contributed by atoms with E-state index in [2.05, 4.69) is 15.1 Å². The van der Waals surface area contributed by atoms with Gasteiger partial charge in [0, 0.05) is 49.7 Å². The van der Waals surface area contributed by atoms with E-state index in [0.717, 1.165) is 18.5 Å². The van der Waals surface area contributed by atoms with Crippen molar-refractivity contribution in [2.24, 2.45) is 7.05 Å². The monoisotopic (exact) mass is 397 g/mol. The Bertz CT molecular complexity index is 973. The SMILES string of the molecule is Cn1ccc(C(=O)N2CCCC(c3nccnc3Oc3ccc(Cl)cc3)C2)n1. The minimum absolute atomic E-state index is 0.0532. The van der Waals surface area contributed by atoms with E-state index >= 15 is 0 Å². The molecule has 0 radical (unpaired) electrons. The molecule has 144 valence electrons. The Kier molecular flexibility index (Phi) is 5.25. The molecular formula is C20H20ClN5O2. The lowest BCUT2D eigenvalue weighted by atomic mass is 9.94. The van der Waals surface area contributed by atoms with Crippen LogP contribution in [0.15, 0.2) is 48.9 Å². The van der Waals surface area contributed by atoms with Crippen LogP contribution in [0.2, 0.25) is 5.02 Å². The topological polar surface area (TPSA) is 73.1 Å². The van der Waals surface area contributed by atoms with Crippen LogP contribution in [0.25, 0.3) is 0 Å². The van der Waals surface area contributed by atoms with E-state index in [1.54, 1.807) is 60.7 Å². The van der Waals surface area contributed by atoms with Gasteiger partial charge < -0.3 is 9.64 Å². The van der Waals surface area contributed by atoms with Crippen LogP contribution in [0.4, 0.5) is 0 Å². The van der Waals surface area contributed by atoms with Gasteiger partial charge in [0.1, 0.15) is 17.1 Å². The first-order valence-electron chi connectivity index (χ1n) is 9.13.